The zero-order valence-corrected chi connectivity index (χ0v) is 10.8. The van der Waals surface area contributed by atoms with Gasteiger partial charge in [0.25, 0.3) is 0 Å². The molecule has 0 saturated carbocycles. The predicted molar refractivity (Wildman–Crippen MR) is 70.0 cm³/mol. The molecule has 100 valence electrons. The Morgan fingerprint density at radius 3 is 2.67 bits per heavy atom. The summed E-state index contributed by atoms with van der Waals surface area (Å²) < 4.78 is 5.56. The summed E-state index contributed by atoms with van der Waals surface area (Å²) in [5.41, 5.74) is 5.83. The molecule has 0 aliphatic rings. The fourth-order valence-corrected chi connectivity index (χ4v) is 1.50. The van der Waals surface area contributed by atoms with Gasteiger partial charge in [-0.05, 0) is 25.2 Å². The third-order valence-electron chi connectivity index (χ3n) is 2.68. The van der Waals surface area contributed by atoms with Gasteiger partial charge in [-0.3, -0.25) is 0 Å². The summed E-state index contributed by atoms with van der Waals surface area (Å²) in [6.07, 6.45) is 1.57. The second-order valence-corrected chi connectivity index (χ2v) is 3.74. The maximum atomic E-state index is 8.50. The number of nitrogens with two attached hydrogens (primary N) is 1. The van der Waals surface area contributed by atoms with E-state index in [1.54, 1.807) is 18.3 Å². The van der Waals surface area contributed by atoms with Crippen LogP contribution in [0.3, 0.4) is 0 Å². The summed E-state index contributed by atoms with van der Waals surface area (Å²) in [6.45, 7) is 7.77. The van der Waals surface area contributed by atoms with E-state index in [2.05, 4.69) is 28.9 Å². The monoisotopic (exact) mass is 252 g/mol. The number of likely N-dealkylation sites (N-methyl/N-ethyl adjacent to an activating group) is 1. The Bertz CT molecular complexity index is 374. The maximum Gasteiger partial charge on any atom is 0.188 e. The highest BCUT2D eigenvalue weighted by atomic mass is 16.5. The summed E-state index contributed by atoms with van der Waals surface area (Å²) in [6, 6.07) is 3.41. The fraction of sp³-hybridized carbons (Fsp3) is 0.500. The lowest BCUT2D eigenvalue weighted by Gasteiger charge is -2.17. The average molecular weight is 252 g/mol. The lowest BCUT2D eigenvalue weighted by atomic mass is 10.3. The van der Waals surface area contributed by atoms with Crippen molar-refractivity contribution in [2.24, 2.45) is 10.9 Å². The van der Waals surface area contributed by atoms with Crippen molar-refractivity contribution in [3.05, 3.63) is 24.0 Å². The molecule has 1 aromatic heterocycles. The molecule has 6 heteroatoms. The van der Waals surface area contributed by atoms with Gasteiger partial charge in [0, 0.05) is 6.54 Å². The smallest absolute Gasteiger partial charge is 0.188 e. The highest BCUT2D eigenvalue weighted by Crippen LogP contribution is 2.08. The van der Waals surface area contributed by atoms with Crippen molar-refractivity contribution in [2.75, 3.05) is 26.2 Å². The van der Waals surface area contributed by atoms with Gasteiger partial charge < -0.3 is 20.6 Å². The van der Waals surface area contributed by atoms with Crippen LogP contribution in [0.25, 0.3) is 0 Å². The molecule has 0 radical (unpaired) electrons. The molecule has 0 aliphatic heterocycles. The Morgan fingerprint density at radius 1 is 1.44 bits per heavy atom. The molecule has 0 saturated heterocycles. The van der Waals surface area contributed by atoms with Crippen LogP contribution >= 0.6 is 0 Å². The van der Waals surface area contributed by atoms with Crippen molar-refractivity contribution in [1.82, 2.24) is 9.88 Å². The maximum absolute atomic E-state index is 8.50. The van der Waals surface area contributed by atoms with Crippen LogP contribution in [0.15, 0.2) is 23.5 Å². The highest BCUT2D eigenvalue weighted by Gasteiger charge is 2.02. The second kappa shape index (κ2) is 7.50. The SMILES string of the molecule is CCN(CC)CCOc1ccc(/C(N)=N/O)nc1. The molecule has 1 rings (SSSR count). The molecule has 3 N–H and O–H groups in total. The molecule has 0 aromatic carbocycles. The van der Waals surface area contributed by atoms with E-state index in [4.69, 9.17) is 15.7 Å². The molecule has 0 spiro atoms. The minimum atomic E-state index is -0.00955. The van der Waals surface area contributed by atoms with Crippen LogP contribution in [0.1, 0.15) is 19.5 Å². The fourth-order valence-electron chi connectivity index (χ4n) is 1.50. The first-order valence-corrected chi connectivity index (χ1v) is 6.00. The lowest BCUT2D eigenvalue weighted by Crippen LogP contribution is -2.27. The number of nitrogens with zero attached hydrogens (tertiary/aromatic N) is 3. The zero-order chi connectivity index (χ0) is 13.4. The molecule has 0 fully saturated rings. The topological polar surface area (TPSA) is 84.0 Å². The molecule has 6 nitrogen and oxygen atoms in total. The standard InChI is InChI=1S/C12H20N4O2/c1-3-16(4-2)7-8-18-10-5-6-11(14-9-10)12(13)15-17/h5-6,9,17H,3-4,7-8H2,1-2H3,(H2,13,15). The van der Waals surface area contributed by atoms with Gasteiger partial charge >= 0.3 is 0 Å². The minimum Gasteiger partial charge on any atom is -0.491 e. The van der Waals surface area contributed by atoms with Crippen LogP contribution in [-0.4, -0.2) is 47.2 Å². The van der Waals surface area contributed by atoms with Gasteiger partial charge in [-0.25, -0.2) is 4.98 Å². The third kappa shape index (κ3) is 4.21. The number of amidine groups is 1. The van der Waals surface area contributed by atoms with Crippen molar-refractivity contribution in [3.8, 4) is 5.75 Å². The van der Waals surface area contributed by atoms with Crippen molar-refractivity contribution in [3.63, 3.8) is 0 Å². The number of aromatic nitrogens is 1. The molecule has 0 unspecified atom stereocenters. The van der Waals surface area contributed by atoms with Crippen LogP contribution in [0.5, 0.6) is 5.75 Å². The van der Waals surface area contributed by atoms with Crippen LogP contribution in [0.4, 0.5) is 0 Å². The van der Waals surface area contributed by atoms with Crippen molar-refractivity contribution >= 4 is 5.84 Å². The molecule has 1 heterocycles. The van der Waals surface area contributed by atoms with E-state index in [0.29, 0.717) is 18.1 Å². The van der Waals surface area contributed by atoms with Gasteiger partial charge in [0.2, 0.25) is 0 Å². The first-order valence-electron chi connectivity index (χ1n) is 6.00. The van der Waals surface area contributed by atoms with Crippen LogP contribution in [-0.2, 0) is 0 Å². The van der Waals surface area contributed by atoms with E-state index in [9.17, 15) is 0 Å². The van der Waals surface area contributed by atoms with E-state index in [-0.39, 0.29) is 5.84 Å². The quantitative estimate of drug-likeness (QED) is 0.326. The van der Waals surface area contributed by atoms with E-state index < -0.39 is 0 Å². The number of oxime groups is 1. The van der Waals surface area contributed by atoms with Crippen molar-refractivity contribution < 1.29 is 9.94 Å². The molecule has 0 aliphatic carbocycles. The van der Waals surface area contributed by atoms with E-state index >= 15 is 0 Å². The minimum absolute atomic E-state index is 0.00955. The average Bonchev–Trinajstić information content (AvgIpc) is 2.43. The Kier molecular flexibility index (Phi) is 5.93. The van der Waals surface area contributed by atoms with Gasteiger partial charge in [0.1, 0.15) is 18.1 Å². The summed E-state index contributed by atoms with van der Waals surface area (Å²) in [7, 11) is 0. The van der Waals surface area contributed by atoms with Gasteiger partial charge in [0.05, 0.1) is 6.20 Å². The number of hydrogen-bond donors (Lipinski definition) is 2. The number of ether oxygens (including phenoxy) is 1. The molecule has 0 amide bonds. The van der Waals surface area contributed by atoms with E-state index in [1.807, 2.05) is 0 Å². The van der Waals surface area contributed by atoms with Gasteiger partial charge in [-0.1, -0.05) is 19.0 Å². The molecular formula is C12H20N4O2. The Morgan fingerprint density at radius 2 is 2.17 bits per heavy atom. The van der Waals surface area contributed by atoms with Gasteiger partial charge in [-0.15, -0.1) is 0 Å². The lowest BCUT2D eigenvalue weighted by molar-refractivity contribution is 0.222. The molecule has 18 heavy (non-hydrogen) atoms. The summed E-state index contributed by atoms with van der Waals surface area (Å²) >= 11 is 0. The van der Waals surface area contributed by atoms with Gasteiger partial charge in [0.15, 0.2) is 5.84 Å². The van der Waals surface area contributed by atoms with Crippen LogP contribution in [0.2, 0.25) is 0 Å². The van der Waals surface area contributed by atoms with Crippen molar-refractivity contribution in [1.29, 1.82) is 0 Å². The predicted octanol–water partition coefficient (Wildman–Crippen LogP) is 0.897. The number of pyridine rings is 1. The Labute approximate surface area is 107 Å². The van der Waals surface area contributed by atoms with Crippen LogP contribution in [0, 0.1) is 0 Å². The Balaban J connectivity index is 2.44. The van der Waals surface area contributed by atoms with Crippen molar-refractivity contribution in [2.45, 2.75) is 13.8 Å². The van der Waals surface area contributed by atoms with Crippen LogP contribution < -0.4 is 10.5 Å². The summed E-state index contributed by atoms with van der Waals surface area (Å²) in [5.74, 6) is 0.668. The normalized spacial score (nSPS) is 11.8. The summed E-state index contributed by atoms with van der Waals surface area (Å²) in [5, 5.41) is 11.4. The number of hydrogen-bond acceptors (Lipinski definition) is 5. The third-order valence-corrected chi connectivity index (χ3v) is 2.68. The van der Waals surface area contributed by atoms with E-state index in [0.717, 1.165) is 19.6 Å². The zero-order valence-electron chi connectivity index (χ0n) is 10.8. The largest absolute Gasteiger partial charge is 0.491 e. The molecule has 0 bridgehead atoms. The molecule has 0 atom stereocenters. The highest BCUT2D eigenvalue weighted by molar-refractivity contribution is 5.95. The van der Waals surface area contributed by atoms with E-state index in [1.165, 1.54) is 0 Å². The second-order valence-electron chi connectivity index (χ2n) is 3.74. The summed E-state index contributed by atoms with van der Waals surface area (Å²) in [4.78, 5) is 6.31. The molecule has 1 aromatic rings. The van der Waals surface area contributed by atoms with Gasteiger partial charge in [-0.2, -0.15) is 0 Å². The number of rotatable bonds is 7. The first-order chi connectivity index (χ1) is 8.71. The molecular weight excluding hydrogens is 232 g/mol. The Hall–Kier alpha value is -1.82. The first kappa shape index (κ1) is 14.2.